The van der Waals surface area contributed by atoms with E-state index in [2.05, 4.69) is 14.5 Å². The number of methoxy groups -OCH3 is 1. The van der Waals surface area contributed by atoms with Crippen LogP contribution in [0.2, 0.25) is 0 Å². The topological polar surface area (TPSA) is 39.9 Å². The van der Waals surface area contributed by atoms with Crippen molar-refractivity contribution in [3.05, 3.63) is 23.7 Å². The normalized spacial score (nSPS) is 22.7. The Bertz CT molecular complexity index is 590. The first kappa shape index (κ1) is 12.9. The molecule has 2 heterocycles. The maximum absolute atomic E-state index is 5.89. The second-order valence-electron chi connectivity index (χ2n) is 5.12. The SMILES string of the molecule is COC1CC(n2c(CCCl)nc3ccc(C)nc32)C1. The lowest BCUT2D eigenvalue weighted by molar-refractivity contribution is 0.00649. The van der Waals surface area contributed by atoms with Crippen molar-refractivity contribution < 1.29 is 4.74 Å². The third-order valence-corrected chi connectivity index (χ3v) is 4.03. The van der Waals surface area contributed by atoms with Gasteiger partial charge in [0.1, 0.15) is 11.3 Å². The second-order valence-corrected chi connectivity index (χ2v) is 5.49. The van der Waals surface area contributed by atoms with Crippen molar-refractivity contribution in [2.45, 2.75) is 38.3 Å². The molecule has 1 aliphatic rings. The Morgan fingerprint density at radius 3 is 2.84 bits per heavy atom. The Kier molecular flexibility index (Phi) is 3.46. The van der Waals surface area contributed by atoms with E-state index in [4.69, 9.17) is 16.3 Å². The summed E-state index contributed by atoms with van der Waals surface area (Å²) in [4.78, 5) is 9.32. The number of imidazole rings is 1. The van der Waals surface area contributed by atoms with Gasteiger partial charge in [0.15, 0.2) is 5.65 Å². The van der Waals surface area contributed by atoms with Crippen molar-refractivity contribution in [2.24, 2.45) is 0 Å². The maximum Gasteiger partial charge on any atom is 0.160 e. The molecule has 0 aliphatic heterocycles. The minimum Gasteiger partial charge on any atom is -0.381 e. The monoisotopic (exact) mass is 279 g/mol. The highest BCUT2D eigenvalue weighted by Crippen LogP contribution is 2.37. The fraction of sp³-hybridized carbons (Fsp3) is 0.571. The molecule has 2 aromatic rings. The predicted molar refractivity (Wildman–Crippen MR) is 75.8 cm³/mol. The predicted octanol–water partition coefficient (Wildman–Crippen LogP) is 2.87. The van der Waals surface area contributed by atoms with Crippen molar-refractivity contribution in [3.63, 3.8) is 0 Å². The Morgan fingerprint density at radius 2 is 2.16 bits per heavy atom. The quantitative estimate of drug-likeness (QED) is 0.808. The third-order valence-electron chi connectivity index (χ3n) is 3.84. The molecule has 0 bridgehead atoms. The van der Waals surface area contributed by atoms with Gasteiger partial charge in [0.2, 0.25) is 0 Å². The fourth-order valence-electron chi connectivity index (χ4n) is 2.70. The molecule has 3 rings (SSSR count). The van der Waals surface area contributed by atoms with E-state index in [0.29, 0.717) is 18.0 Å². The van der Waals surface area contributed by atoms with Crippen LogP contribution in [0, 0.1) is 6.92 Å². The molecule has 1 saturated carbocycles. The van der Waals surface area contributed by atoms with Gasteiger partial charge in [-0.1, -0.05) is 0 Å². The Balaban J connectivity index is 2.03. The van der Waals surface area contributed by atoms with Crippen molar-refractivity contribution in [1.29, 1.82) is 0 Å². The first-order valence-electron chi connectivity index (χ1n) is 6.66. The highest BCUT2D eigenvalue weighted by molar-refractivity contribution is 6.17. The van der Waals surface area contributed by atoms with Gasteiger partial charge < -0.3 is 9.30 Å². The Hall–Kier alpha value is -1.13. The zero-order chi connectivity index (χ0) is 13.4. The highest BCUT2D eigenvalue weighted by Gasteiger charge is 2.33. The van der Waals surface area contributed by atoms with Gasteiger partial charge in [-0.2, -0.15) is 0 Å². The molecule has 0 aromatic carbocycles. The van der Waals surface area contributed by atoms with Gasteiger partial charge in [-0.05, 0) is 31.9 Å². The van der Waals surface area contributed by atoms with Crippen LogP contribution >= 0.6 is 11.6 Å². The molecule has 0 radical (unpaired) electrons. The standard InChI is InChI=1S/C14H18ClN3O/c1-9-3-4-12-14(16-9)18(13(17-12)5-6-15)10-7-11(8-10)19-2/h3-4,10-11H,5-8H2,1-2H3. The van der Waals surface area contributed by atoms with Crippen molar-refractivity contribution in [3.8, 4) is 0 Å². The number of pyridine rings is 1. The number of alkyl halides is 1. The van der Waals surface area contributed by atoms with Gasteiger partial charge in [-0.15, -0.1) is 11.6 Å². The van der Waals surface area contributed by atoms with E-state index in [1.54, 1.807) is 7.11 Å². The van der Waals surface area contributed by atoms with E-state index in [1.807, 2.05) is 19.1 Å². The second kappa shape index (κ2) is 5.10. The summed E-state index contributed by atoms with van der Waals surface area (Å²) in [6.07, 6.45) is 3.22. The van der Waals surface area contributed by atoms with Crippen molar-refractivity contribution in [1.82, 2.24) is 14.5 Å². The number of nitrogens with zero attached hydrogens (tertiary/aromatic N) is 3. The van der Waals surface area contributed by atoms with Crippen molar-refractivity contribution in [2.75, 3.05) is 13.0 Å². The van der Waals surface area contributed by atoms with E-state index in [1.165, 1.54) is 0 Å². The summed E-state index contributed by atoms with van der Waals surface area (Å²) in [5.41, 5.74) is 2.97. The largest absolute Gasteiger partial charge is 0.381 e. The summed E-state index contributed by atoms with van der Waals surface area (Å²) in [7, 11) is 1.77. The lowest BCUT2D eigenvalue weighted by atomic mass is 9.89. The first-order chi connectivity index (χ1) is 9.22. The fourth-order valence-corrected chi connectivity index (χ4v) is 2.87. The summed E-state index contributed by atoms with van der Waals surface area (Å²) in [6, 6.07) is 4.49. The molecule has 1 fully saturated rings. The van der Waals surface area contributed by atoms with E-state index in [9.17, 15) is 0 Å². The van der Waals surface area contributed by atoms with Crippen molar-refractivity contribution >= 4 is 22.8 Å². The number of aromatic nitrogens is 3. The van der Waals surface area contributed by atoms with Gasteiger partial charge in [-0.3, -0.25) is 0 Å². The molecule has 1 aliphatic carbocycles. The van der Waals surface area contributed by atoms with Crippen LogP contribution in [0.15, 0.2) is 12.1 Å². The van der Waals surface area contributed by atoms with Gasteiger partial charge in [-0.25, -0.2) is 9.97 Å². The molecule has 0 unspecified atom stereocenters. The minimum atomic E-state index is 0.371. The molecular formula is C14H18ClN3O. The van der Waals surface area contributed by atoms with Crippen LogP contribution in [0.3, 0.4) is 0 Å². The van der Waals surface area contributed by atoms with Crippen LogP contribution in [0.25, 0.3) is 11.2 Å². The average Bonchev–Trinajstić information content (AvgIpc) is 2.67. The molecule has 19 heavy (non-hydrogen) atoms. The molecule has 0 saturated heterocycles. The lowest BCUT2D eigenvalue weighted by Gasteiger charge is -2.36. The van der Waals surface area contributed by atoms with E-state index in [-0.39, 0.29) is 0 Å². The maximum atomic E-state index is 5.89. The van der Waals surface area contributed by atoms with Gasteiger partial charge >= 0.3 is 0 Å². The summed E-state index contributed by atoms with van der Waals surface area (Å²) >= 11 is 5.89. The zero-order valence-corrected chi connectivity index (χ0v) is 12.0. The van der Waals surface area contributed by atoms with E-state index < -0.39 is 0 Å². The van der Waals surface area contributed by atoms with Crippen LogP contribution in [0.4, 0.5) is 0 Å². The van der Waals surface area contributed by atoms with Crippen LogP contribution < -0.4 is 0 Å². The Labute approximate surface area is 117 Å². The highest BCUT2D eigenvalue weighted by atomic mass is 35.5. The molecule has 102 valence electrons. The molecule has 2 aromatic heterocycles. The molecule has 0 atom stereocenters. The number of rotatable bonds is 4. The molecule has 0 N–H and O–H groups in total. The summed E-state index contributed by atoms with van der Waals surface area (Å²) in [6.45, 7) is 2.01. The van der Waals surface area contributed by atoms with Gasteiger partial charge in [0, 0.05) is 31.1 Å². The molecule has 0 amide bonds. The third kappa shape index (κ3) is 2.23. The van der Waals surface area contributed by atoms with Gasteiger partial charge in [0.25, 0.3) is 0 Å². The van der Waals surface area contributed by atoms with Crippen LogP contribution in [0.1, 0.15) is 30.4 Å². The number of ether oxygens (including phenoxy) is 1. The van der Waals surface area contributed by atoms with Crippen LogP contribution in [0.5, 0.6) is 0 Å². The number of hydrogen-bond acceptors (Lipinski definition) is 3. The summed E-state index contributed by atoms with van der Waals surface area (Å²) < 4.78 is 7.63. The van der Waals surface area contributed by atoms with Gasteiger partial charge in [0.05, 0.1) is 6.10 Å². The molecule has 4 nitrogen and oxygen atoms in total. The zero-order valence-electron chi connectivity index (χ0n) is 11.3. The summed E-state index contributed by atoms with van der Waals surface area (Å²) in [5, 5.41) is 0. The lowest BCUT2D eigenvalue weighted by Crippen LogP contribution is -2.33. The van der Waals surface area contributed by atoms with E-state index in [0.717, 1.165) is 41.9 Å². The number of aryl methyl sites for hydroxylation is 2. The number of hydrogen-bond donors (Lipinski definition) is 0. The average molecular weight is 280 g/mol. The van der Waals surface area contributed by atoms with Crippen LogP contribution in [-0.4, -0.2) is 33.6 Å². The summed E-state index contributed by atoms with van der Waals surface area (Å²) in [5.74, 6) is 1.63. The van der Waals surface area contributed by atoms with Crippen LogP contribution in [-0.2, 0) is 11.2 Å². The molecular weight excluding hydrogens is 262 g/mol. The first-order valence-corrected chi connectivity index (χ1v) is 7.19. The number of halogens is 1. The van der Waals surface area contributed by atoms with E-state index >= 15 is 0 Å². The smallest absolute Gasteiger partial charge is 0.160 e. The number of fused-ring (bicyclic) bond motifs is 1. The Morgan fingerprint density at radius 1 is 1.37 bits per heavy atom. The molecule has 5 heteroatoms. The minimum absolute atomic E-state index is 0.371. The molecule has 0 spiro atoms.